The molecule has 0 heterocycles. The smallest absolute Gasteiger partial charge is 0.431 e. The van der Waals surface area contributed by atoms with Crippen molar-refractivity contribution in [3.63, 3.8) is 0 Å². The lowest BCUT2D eigenvalue weighted by Gasteiger charge is -2.08. The van der Waals surface area contributed by atoms with Gasteiger partial charge in [-0.25, -0.2) is 4.79 Å². The maximum Gasteiger partial charge on any atom is 0.431 e. The molecule has 0 radical (unpaired) electrons. The second kappa shape index (κ2) is 4.96. The fourth-order valence-electron chi connectivity index (χ4n) is 0.375. The Morgan fingerprint density at radius 2 is 2.09 bits per heavy atom. The highest BCUT2D eigenvalue weighted by molar-refractivity contribution is 6.28. The average Bonchev–Trinajstić information content (AvgIpc) is 1.98. The molecule has 0 aliphatic carbocycles. The van der Waals surface area contributed by atoms with Gasteiger partial charge < -0.3 is 4.74 Å². The number of rotatable bonds is 2. The van der Waals surface area contributed by atoms with Crippen LogP contribution in [-0.2, 0) is 9.53 Å². The van der Waals surface area contributed by atoms with Crippen molar-refractivity contribution in [1.29, 1.82) is 0 Å². The van der Waals surface area contributed by atoms with E-state index in [2.05, 4.69) is 4.74 Å². The molecule has 0 spiro atoms. The average molecular weight is 180 g/mol. The van der Waals surface area contributed by atoms with E-state index in [1.54, 1.807) is 0 Å². The minimum absolute atomic E-state index is 0.273. The summed E-state index contributed by atoms with van der Waals surface area (Å²) in [4.78, 5) is 21.1. The lowest BCUT2D eigenvalue weighted by molar-refractivity contribution is -0.123. The number of carbonyl (C=O) groups is 2. The summed E-state index contributed by atoms with van der Waals surface area (Å²) in [6.45, 7) is 3.30. The van der Waals surface area contributed by atoms with Crippen LogP contribution in [0.5, 0.6) is 0 Å². The molecule has 0 aliphatic rings. The number of hydrogen-bond donors (Lipinski definition) is 0. The van der Waals surface area contributed by atoms with E-state index in [-0.39, 0.29) is 6.61 Å². The molecule has 0 aromatic heterocycles. The Balaban J connectivity index is 3.74. The molecule has 64 valence electrons. The Hall–Kier alpha value is -0.770. The van der Waals surface area contributed by atoms with Crippen LogP contribution in [0.4, 0.5) is 4.79 Å². The minimum atomic E-state index is -0.819. The predicted molar refractivity (Wildman–Crippen MR) is 40.0 cm³/mol. The van der Waals surface area contributed by atoms with Gasteiger partial charge in [-0.05, 0) is 6.42 Å². The molecule has 0 atom stereocenters. The molecule has 0 unspecified atom stereocenters. The maximum atomic E-state index is 10.7. The third-order valence-corrected chi connectivity index (χ3v) is 1.24. The quantitative estimate of drug-likeness (QED) is 0.604. The van der Waals surface area contributed by atoms with Gasteiger partial charge in [0, 0.05) is 18.7 Å². The molecule has 0 rings (SSSR count). The summed E-state index contributed by atoms with van der Waals surface area (Å²) in [5.74, 6) is -0.548. The molecule has 0 saturated heterocycles. The Labute approximate surface area is 70.2 Å². The zero-order valence-electron chi connectivity index (χ0n) is 6.46. The van der Waals surface area contributed by atoms with E-state index in [1.165, 1.54) is 6.92 Å². The summed E-state index contributed by atoms with van der Waals surface area (Å²) < 4.78 is 4.96. The van der Waals surface area contributed by atoms with E-state index >= 15 is 0 Å². The molecule has 0 bridgehead atoms. The van der Waals surface area contributed by atoms with Gasteiger partial charge in [-0.3, -0.25) is 4.79 Å². The number of carbonyl (C=O) groups excluding carboxylic acids is 2. The number of amides is 2. The standard InChI is InChI=1S/C6H10ClNO3/c1-3-4-11-6(10)8(7)5(2)9/h3-4H2,1-2H3. The van der Waals surface area contributed by atoms with Gasteiger partial charge in [0.05, 0.1) is 6.61 Å². The number of imide groups is 1. The van der Waals surface area contributed by atoms with Gasteiger partial charge >= 0.3 is 6.09 Å². The van der Waals surface area contributed by atoms with E-state index in [0.717, 1.165) is 0 Å². The number of hydrogen-bond acceptors (Lipinski definition) is 3. The molecule has 0 aromatic rings. The normalized spacial score (nSPS) is 9.00. The van der Waals surface area contributed by atoms with E-state index in [1.807, 2.05) is 6.92 Å². The zero-order chi connectivity index (χ0) is 8.85. The molecule has 11 heavy (non-hydrogen) atoms. The van der Waals surface area contributed by atoms with Gasteiger partial charge in [-0.1, -0.05) is 6.92 Å². The topological polar surface area (TPSA) is 46.6 Å². The number of halogens is 1. The van der Waals surface area contributed by atoms with E-state index in [9.17, 15) is 9.59 Å². The fraction of sp³-hybridized carbons (Fsp3) is 0.667. The second-order valence-corrected chi connectivity index (χ2v) is 2.25. The van der Waals surface area contributed by atoms with Crippen LogP contribution in [0, 0.1) is 0 Å². The molecule has 0 fully saturated rings. The molecular formula is C6H10ClNO3. The number of ether oxygens (including phenoxy) is 1. The van der Waals surface area contributed by atoms with Gasteiger partial charge in [0.25, 0.3) is 0 Å². The van der Waals surface area contributed by atoms with Crippen LogP contribution in [0.2, 0.25) is 0 Å². The fourth-order valence-corrected chi connectivity index (χ4v) is 0.423. The molecule has 0 saturated carbocycles. The maximum absolute atomic E-state index is 10.7. The van der Waals surface area contributed by atoms with Gasteiger partial charge in [0.15, 0.2) is 0 Å². The zero-order valence-corrected chi connectivity index (χ0v) is 7.22. The molecule has 5 heteroatoms. The summed E-state index contributed by atoms with van der Waals surface area (Å²) in [5.41, 5.74) is 0. The minimum Gasteiger partial charge on any atom is -0.448 e. The van der Waals surface area contributed by atoms with Gasteiger partial charge in [-0.15, -0.1) is 0 Å². The summed E-state index contributed by atoms with van der Waals surface area (Å²) in [6.07, 6.45) is -0.116. The van der Waals surface area contributed by atoms with Crippen LogP contribution in [0.15, 0.2) is 0 Å². The lowest BCUT2D eigenvalue weighted by atomic mass is 10.5. The molecule has 0 aliphatic heterocycles. The molecule has 0 N–H and O–H groups in total. The van der Waals surface area contributed by atoms with Gasteiger partial charge in [0.2, 0.25) is 5.91 Å². The van der Waals surface area contributed by atoms with Crippen LogP contribution in [0.1, 0.15) is 20.3 Å². The van der Waals surface area contributed by atoms with Crippen molar-refractivity contribution in [1.82, 2.24) is 4.42 Å². The van der Waals surface area contributed by atoms with Crippen LogP contribution in [0.3, 0.4) is 0 Å². The largest absolute Gasteiger partial charge is 0.448 e. The van der Waals surface area contributed by atoms with Crippen LogP contribution < -0.4 is 0 Å². The Morgan fingerprint density at radius 3 is 2.45 bits per heavy atom. The highest BCUT2D eigenvalue weighted by Crippen LogP contribution is 1.99. The highest BCUT2D eigenvalue weighted by atomic mass is 35.5. The molecule has 0 aromatic carbocycles. The number of nitrogens with zero attached hydrogens (tertiary/aromatic N) is 1. The first-order valence-corrected chi connectivity index (χ1v) is 3.56. The van der Waals surface area contributed by atoms with Gasteiger partial charge in [0.1, 0.15) is 0 Å². The van der Waals surface area contributed by atoms with Crippen molar-refractivity contribution in [3.8, 4) is 0 Å². The molecule has 4 nitrogen and oxygen atoms in total. The third-order valence-electron chi connectivity index (χ3n) is 0.866. The van der Waals surface area contributed by atoms with E-state index in [4.69, 9.17) is 11.8 Å². The molecular weight excluding hydrogens is 170 g/mol. The SMILES string of the molecule is CCCOC(=O)N(Cl)C(C)=O. The van der Waals surface area contributed by atoms with Crippen molar-refractivity contribution in [3.05, 3.63) is 0 Å². The van der Waals surface area contributed by atoms with Gasteiger partial charge in [-0.2, -0.15) is 4.42 Å². The first-order chi connectivity index (χ1) is 5.09. The third kappa shape index (κ3) is 3.83. The highest BCUT2D eigenvalue weighted by Gasteiger charge is 2.15. The van der Waals surface area contributed by atoms with E-state index < -0.39 is 12.0 Å². The van der Waals surface area contributed by atoms with Crippen molar-refractivity contribution >= 4 is 23.8 Å². The first kappa shape index (κ1) is 10.2. The predicted octanol–water partition coefficient (Wildman–Crippen LogP) is 1.54. The van der Waals surface area contributed by atoms with Crippen LogP contribution in [0.25, 0.3) is 0 Å². The lowest BCUT2D eigenvalue weighted by Crippen LogP contribution is -2.26. The Bertz CT molecular complexity index is 160. The van der Waals surface area contributed by atoms with Crippen molar-refractivity contribution in [2.75, 3.05) is 6.61 Å². The summed E-state index contributed by atoms with van der Waals surface area (Å²) >= 11 is 5.21. The van der Waals surface area contributed by atoms with Crippen LogP contribution >= 0.6 is 11.8 Å². The van der Waals surface area contributed by atoms with Crippen molar-refractivity contribution in [2.45, 2.75) is 20.3 Å². The van der Waals surface area contributed by atoms with Crippen molar-refractivity contribution < 1.29 is 14.3 Å². The Morgan fingerprint density at radius 1 is 1.55 bits per heavy atom. The summed E-state index contributed by atoms with van der Waals surface area (Å²) in [5, 5.41) is 0. The van der Waals surface area contributed by atoms with E-state index in [0.29, 0.717) is 10.8 Å². The molecule has 2 amide bonds. The Kier molecular flexibility index (Phi) is 4.61. The summed E-state index contributed by atoms with van der Waals surface area (Å²) in [7, 11) is 0. The monoisotopic (exact) mass is 179 g/mol. The van der Waals surface area contributed by atoms with Crippen LogP contribution in [-0.4, -0.2) is 23.0 Å². The first-order valence-electron chi connectivity index (χ1n) is 3.22. The van der Waals surface area contributed by atoms with Crippen molar-refractivity contribution in [2.24, 2.45) is 0 Å². The second-order valence-electron chi connectivity index (χ2n) is 1.91. The summed E-state index contributed by atoms with van der Waals surface area (Å²) in [6, 6.07) is 0.